The van der Waals surface area contributed by atoms with Gasteiger partial charge in [-0.15, -0.1) is 11.3 Å². The van der Waals surface area contributed by atoms with Crippen LogP contribution in [-0.2, 0) is 13.0 Å². The second kappa shape index (κ2) is 5.66. The van der Waals surface area contributed by atoms with E-state index in [4.69, 9.17) is 0 Å². The monoisotopic (exact) mass is 278 g/mol. The van der Waals surface area contributed by atoms with Crippen molar-refractivity contribution >= 4 is 17.3 Å². The van der Waals surface area contributed by atoms with Gasteiger partial charge in [-0.05, 0) is 6.42 Å². The quantitative estimate of drug-likeness (QED) is 0.909. The van der Waals surface area contributed by atoms with E-state index in [0.717, 1.165) is 45.1 Å². The molecule has 0 radical (unpaired) electrons. The molecule has 1 fully saturated rings. The van der Waals surface area contributed by atoms with E-state index in [9.17, 15) is 0 Å². The Hall–Kier alpha value is -1.47. The van der Waals surface area contributed by atoms with Gasteiger partial charge in [-0.25, -0.2) is 10.1 Å². The van der Waals surface area contributed by atoms with E-state index in [1.165, 1.54) is 10.7 Å². The Morgan fingerprint density at radius 2 is 2.16 bits per heavy atom. The van der Waals surface area contributed by atoms with E-state index in [1.807, 2.05) is 0 Å². The number of hydrogen-bond acceptors (Lipinski definition) is 6. The standard InChI is InChI=1S/C12H18N6S/c1-2-11-15-10(8-19-11)7-17-3-5-18(6-4-17)12-13-9-14-16-12/h8-9H,2-7H2,1H3,(H,13,14,16). The van der Waals surface area contributed by atoms with Crippen molar-refractivity contribution in [3.8, 4) is 0 Å². The molecule has 3 rings (SSSR count). The number of nitrogens with one attached hydrogen (secondary N) is 1. The van der Waals surface area contributed by atoms with Gasteiger partial charge in [0, 0.05) is 38.1 Å². The molecule has 0 amide bonds. The van der Waals surface area contributed by atoms with Crippen molar-refractivity contribution in [3.63, 3.8) is 0 Å². The molecule has 0 unspecified atom stereocenters. The average Bonchev–Trinajstić information content (AvgIpc) is 3.10. The number of hydrogen-bond donors (Lipinski definition) is 1. The second-order valence-electron chi connectivity index (χ2n) is 4.66. The van der Waals surface area contributed by atoms with Crippen LogP contribution >= 0.6 is 11.3 Å². The molecule has 0 aromatic carbocycles. The summed E-state index contributed by atoms with van der Waals surface area (Å²) < 4.78 is 0. The second-order valence-corrected chi connectivity index (χ2v) is 5.60. The first-order valence-electron chi connectivity index (χ1n) is 6.61. The molecule has 0 saturated carbocycles. The van der Waals surface area contributed by atoms with Crippen LogP contribution in [0.5, 0.6) is 0 Å². The summed E-state index contributed by atoms with van der Waals surface area (Å²) >= 11 is 1.77. The van der Waals surface area contributed by atoms with E-state index in [-0.39, 0.29) is 0 Å². The van der Waals surface area contributed by atoms with Crippen molar-refractivity contribution in [2.24, 2.45) is 0 Å². The van der Waals surface area contributed by atoms with Crippen LogP contribution in [-0.4, -0.2) is 51.2 Å². The zero-order valence-corrected chi connectivity index (χ0v) is 11.9. The lowest BCUT2D eigenvalue weighted by Crippen LogP contribution is -2.46. The van der Waals surface area contributed by atoms with Crippen molar-refractivity contribution in [3.05, 3.63) is 22.4 Å². The summed E-state index contributed by atoms with van der Waals surface area (Å²) in [4.78, 5) is 13.5. The van der Waals surface area contributed by atoms with Crippen LogP contribution in [0.4, 0.5) is 5.95 Å². The van der Waals surface area contributed by atoms with Crippen molar-refractivity contribution < 1.29 is 0 Å². The van der Waals surface area contributed by atoms with Crippen molar-refractivity contribution in [1.29, 1.82) is 0 Å². The van der Waals surface area contributed by atoms with Gasteiger partial charge < -0.3 is 4.90 Å². The Labute approximate surface area is 116 Å². The molecule has 0 atom stereocenters. The molecule has 0 bridgehead atoms. The zero-order chi connectivity index (χ0) is 13.1. The Bertz CT molecular complexity index is 500. The summed E-state index contributed by atoms with van der Waals surface area (Å²) in [5, 5.41) is 10.2. The molecule has 19 heavy (non-hydrogen) atoms. The maximum atomic E-state index is 4.63. The number of anilines is 1. The van der Waals surface area contributed by atoms with Gasteiger partial charge in [0.25, 0.3) is 0 Å². The minimum atomic E-state index is 0.876. The predicted molar refractivity (Wildman–Crippen MR) is 75.4 cm³/mol. The molecule has 1 N–H and O–H groups in total. The third kappa shape index (κ3) is 2.93. The van der Waals surface area contributed by atoms with E-state index in [2.05, 4.69) is 42.3 Å². The van der Waals surface area contributed by atoms with Gasteiger partial charge in [0.15, 0.2) is 0 Å². The van der Waals surface area contributed by atoms with Crippen LogP contribution in [0.25, 0.3) is 0 Å². The summed E-state index contributed by atoms with van der Waals surface area (Å²) in [5.41, 5.74) is 1.20. The fourth-order valence-corrected chi connectivity index (χ4v) is 3.02. The van der Waals surface area contributed by atoms with E-state index in [0.29, 0.717) is 0 Å². The maximum Gasteiger partial charge on any atom is 0.221 e. The number of aromatic nitrogens is 4. The first-order valence-corrected chi connectivity index (χ1v) is 7.49. The lowest BCUT2D eigenvalue weighted by molar-refractivity contribution is 0.246. The number of nitrogens with zero attached hydrogens (tertiary/aromatic N) is 5. The number of thiazole rings is 1. The molecule has 2 aromatic rings. The van der Waals surface area contributed by atoms with Crippen molar-refractivity contribution in [2.45, 2.75) is 19.9 Å². The van der Waals surface area contributed by atoms with Gasteiger partial charge in [0.05, 0.1) is 10.7 Å². The third-order valence-electron chi connectivity index (χ3n) is 3.36. The topological polar surface area (TPSA) is 60.9 Å². The maximum absolute atomic E-state index is 4.63. The van der Waals surface area contributed by atoms with Crippen LogP contribution < -0.4 is 4.90 Å². The summed E-state index contributed by atoms with van der Waals surface area (Å²) in [6, 6.07) is 0. The molecule has 0 aliphatic carbocycles. The van der Waals surface area contributed by atoms with Crippen LogP contribution in [0.1, 0.15) is 17.6 Å². The van der Waals surface area contributed by atoms with Gasteiger partial charge in [-0.2, -0.15) is 10.1 Å². The lowest BCUT2D eigenvalue weighted by Gasteiger charge is -2.33. The van der Waals surface area contributed by atoms with E-state index >= 15 is 0 Å². The average molecular weight is 278 g/mol. The Morgan fingerprint density at radius 1 is 1.32 bits per heavy atom. The number of rotatable bonds is 4. The minimum absolute atomic E-state index is 0.876. The summed E-state index contributed by atoms with van der Waals surface area (Å²) in [6.45, 7) is 7.17. The predicted octanol–water partition coefficient (Wildman–Crippen LogP) is 1.15. The summed E-state index contributed by atoms with van der Waals surface area (Å²) in [7, 11) is 0. The number of aromatic amines is 1. The summed E-state index contributed by atoms with van der Waals surface area (Å²) in [5.74, 6) is 0.876. The van der Waals surface area contributed by atoms with Gasteiger partial charge >= 0.3 is 0 Å². The fraction of sp³-hybridized carbons (Fsp3) is 0.583. The number of H-pyrrole nitrogens is 1. The Morgan fingerprint density at radius 3 is 2.79 bits per heavy atom. The third-order valence-corrected chi connectivity index (χ3v) is 4.40. The molecule has 102 valence electrons. The molecule has 1 aliphatic rings. The first kappa shape index (κ1) is 12.6. The molecular weight excluding hydrogens is 260 g/mol. The normalized spacial score (nSPS) is 17.0. The molecule has 7 heteroatoms. The van der Waals surface area contributed by atoms with Gasteiger partial charge in [0.2, 0.25) is 5.95 Å². The highest BCUT2D eigenvalue weighted by Crippen LogP contribution is 2.15. The van der Waals surface area contributed by atoms with Crippen LogP contribution in [0.3, 0.4) is 0 Å². The highest BCUT2D eigenvalue weighted by Gasteiger charge is 2.19. The van der Waals surface area contributed by atoms with Crippen LogP contribution in [0.15, 0.2) is 11.7 Å². The molecule has 0 spiro atoms. The van der Waals surface area contributed by atoms with Crippen molar-refractivity contribution in [1.82, 2.24) is 25.1 Å². The molecule has 1 aliphatic heterocycles. The van der Waals surface area contributed by atoms with Gasteiger partial charge in [0.1, 0.15) is 6.33 Å². The van der Waals surface area contributed by atoms with E-state index < -0.39 is 0 Å². The zero-order valence-electron chi connectivity index (χ0n) is 11.0. The minimum Gasteiger partial charge on any atom is -0.339 e. The fourth-order valence-electron chi connectivity index (χ4n) is 2.28. The van der Waals surface area contributed by atoms with Gasteiger partial charge in [-0.1, -0.05) is 6.92 Å². The van der Waals surface area contributed by atoms with Crippen LogP contribution in [0, 0.1) is 0 Å². The molecule has 1 saturated heterocycles. The SMILES string of the molecule is CCc1nc(CN2CCN(c3ncn[nH]3)CC2)cs1. The molecule has 3 heterocycles. The number of piperazine rings is 1. The van der Waals surface area contributed by atoms with Crippen molar-refractivity contribution in [2.75, 3.05) is 31.1 Å². The summed E-state index contributed by atoms with van der Waals surface area (Å²) in [6.07, 6.45) is 2.59. The molecular formula is C12H18N6S. The molecule has 2 aromatic heterocycles. The smallest absolute Gasteiger partial charge is 0.221 e. The molecule has 6 nitrogen and oxygen atoms in total. The lowest BCUT2D eigenvalue weighted by atomic mass is 10.3. The van der Waals surface area contributed by atoms with Crippen LogP contribution in [0.2, 0.25) is 0 Å². The largest absolute Gasteiger partial charge is 0.339 e. The van der Waals surface area contributed by atoms with E-state index in [1.54, 1.807) is 17.7 Å². The first-order chi connectivity index (χ1) is 9.35. The Kier molecular flexibility index (Phi) is 3.74. The Balaban J connectivity index is 1.52. The highest BCUT2D eigenvalue weighted by atomic mass is 32.1. The number of aryl methyl sites for hydroxylation is 1. The van der Waals surface area contributed by atoms with Gasteiger partial charge in [-0.3, -0.25) is 4.90 Å². The highest BCUT2D eigenvalue weighted by molar-refractivity contribution is 7.09.